The molecule has 0 spiro atoms. The highest BCUT2D eigenvalue weighted by molar-refractivity contribution is 5.83. The summed E-state index contributed by atoms with van der Waals surface area (Å²) in [6, 6.07) is 9.31. The van der Waals surface area contributed by atoms with Gasteiger partial charge in [0.1, 0.15) is 6.61 Å². The monoisotopic (exact) mass is 437 g/mol. The van der Waals surface area contributed by atoms with Gasteiger partial charge in [-0.1, -0.05) is 0 Å². The maximum Gasteiger partial charge on any atom is 0.231 e. The van der Waals surface area contributed by atoms with Crippen LogP contribution in [-0.4, -0.2) is 46.8 Å². The Kier molecular flexibility index (Phi) is 5.20. The highest BCUT2D eigenvalue weighted by Crippen LogP contribution is 2.45. The molecule has 0 atom stereocenters. The first-order valence-electron chi connectivity index (χ1n) is 9.91. The second kappa shape index (κ2) is 8.31. The molecular weight excluding hydrogens is 417 g/mol. The van der Waals surface area contributed by atoms with E-state index in [1.807, 2.05) is 48.5 Å². The van der Waals surface area contributed by atoms with Crippen LogP contribution in [0.3, 0.4) is 0 Å². The number of ether oxygens (including phenoxy) is 3. The van der Waals surface area contributed by atoms with Crippen molar-refractivity contribution in [1.29, 1.82) is 0 Å². The molecule has 2 aromatic heterocycles. The molecular formula is C22H20FN5O4. The molecule has 0 radical (unpaired) electrons. The fourth-order valence-corrected chi connectivity index (χ4v) is 3.67. The third-order valence-corrected chi connectivity index (χ3v) is 5.18. The van der Waals surface area contributed by atoms with Crippen molar-refractivity contribution in [2.24, 2.45) is 7.05 Å². The van der Waals surface area contributed by atoms with E-state index in [2.05, 4.69) is 15.0 Å². The van der Waals surface area contributed by atoms with E-state index in [1.54, 1.807) is 24.2 Å². The zero-order valence-corrected chi connectivity index (χ0v) is 17.5. The summed E-state index contributed by atoms with van der Waals surface area (Å²) in [7, 11) is 3.40. The first-order valence-corrected chi connectivity index (χ1v) is 9.91. The van der Waals surface area contributed by atoms with Gasteiger partial charge >= 0.3 is 0 Å². The lowest BCUT2D eigenvalue weighted by molar-refractivity contribution is -0.128. The highest BCUT2D eigenvalue weighted by atomic mass is 19.3. The molecule has 32 heavy (non-hydrogen) atoms. The van der Waals surface area contributed by atoms with Crippen molar-refractivity contribution in [3.63, 3.8) is 0 Å². The predicted octanol–water partition coefficient (Wildman–Crippen LogP) is 3.81. The van der Waals surface area contributed by atoms with Crippen LogP contribution in [0.5, 0.6) is 17.2 Å². The third kappa shape index (κ3) is 3.65. The molecule has 0 aliphatic carbocycles. The minimum Gasteiger partial charge on any atom is -0.493 e. The van der Waals surface area contributed by atoms with E-state index in [0.717, 1.165) is 22.5 Å². The number of aromatic nitrogens is 4. The number of anilines is 2. The average Bonchev–Trinajstić information content (AvgIpc) is 3.47. The van der Waals surface area contributed by atoms with Crippen LogP contribution < -0.4 is 19.1 Å². The van der Waals surface area contributed by atoms with Crippen LogP contribution in [0.25, 0.3) is 22.3 Å². The molecule has 164 valence electrons. The number of halogens is 1. The second-order valence-corrected chi connectivity index (χ2v) is 7.18. The molecule has 10 heteroatoms. The van der Waals surface area contributed by atoms with E-state index in [1.165, 1.54) is 0 Å². The Morgan fingerprint density at radius 1 is 1.12 bits per heavy atom. The van der Waals surface area contributed by atoms with Gasteiger partial charge in [-0.05, 0) is 22.7 Å². The number of hydrogen-bond donors (Lipinski definition) is 0. The van der Waals surface area contributed by atoms with Crippen LogP contribution in [0.15, 0.2) is 48.9 Å². The number of aryl methyl sites for hydroxylation is 1. The number of fused-ring (bicyclic) bond motifs is 2. The van der Waals surface area contributed by atoms with Crippen LogP contribution in [0.4, 0.5) is 15.9 Å². The standard InChI is InChI=1S/C22H20FN5O4/c1-27-12-14(10-25-27)19-11-24-17-4-3-15(7-18(17)26-19)28(5-6-32-23)16-8-20(29-2)22-21(9-16)30-13-31-22/h3-4,7-12H,5-6,13H2,1-2H3. The van der Waals surface area contributed by atoms with Crippen molar-refractivity contribution in [1.82, 2.24) is 19.7 Å². The van der Waals surface area contributed by atoms with Crippen molar-refractivity contribution in [2.75, 3.05) is 32.0 Å². The zero-order chi connectivity index (χ0) is 22.1. The summed E-state index contributed by atoms with van der Waals surface area (Å²) in [5, 5.41) is 4.19. The minimum atomic E-state index is -0.129. The van der Waals surface area contributed by atoms with Crippen LogP contribution in [0.2, 0.25) is 0 Å². The van der Waals surface area contributed by atoms with E-state index in [-0.39, 0.29) is 19.9 Å². The van der Waals surface area contributed by atoms with Crippen LogP contribution in [0.1, 0.15) is 0 Å². The molecule has 4 aromatic rings. The van der Waals surface area contributed by atoms with Gasteiger partial charge in [-0.2, -0.15) is 10.0 Å². The molecule has 0 bridgehead atoms. The van der Waals surface area contributed by atoms with Crippen molar-refractivity contribution < 1.29 is 23.7 Å². The Morgan fingerprint density at radius 2 is 2.03 bits per heavy atom. The lowest BCUT2D eigenvalue weighted by Gasteiger charge is -2.25. The Bertz CT molecular complexity index is 1280. The summed E-state index contributed by atoms with van der Waals surface area (Å²) >= 11 is 0. The first kappa shape index (κ1) is 20.0. The molecule has 0 saturated heterocycles. The molecule has 0 N–H and O–H groups in total. The lowest BCUT2D eigenvalue weighted by Crippen LogP contribution is -2.21. The molecule has 1 aliphatic rings. The van der Waals surface area contributed by atoms with Crippen molar-refractivity contribution in [3.8, 4) is 28.5 Å². The summed E-state index contributed by atoms with van der Waals surface area (Å²) in [5.41, 5.74) is 4.54. The smallest absolute Gasteiger partial charge is 0.231 e. The van der Waals surface area contributed by atoms with Crippen molar-refractivity contribution in [2.45, 2.75) is 0 Å². The van der Waals surface area contributed by atoms with E-state index in [4.69, 9.17) is 19.2 Å². The molecule has 2 aromatic carbocycles. The average molecular weight is 437 g/mol. The van der Waals surface area contributed by atoms with E-state index in [9.17, 15) is 4.53 Å². The van der Waals surface area contributed by atoms with Gasteiger partial charge in [0.25, 0.3) is 0 Å². The molecule has 0 unspecified atom stereocenters. The molecule has 0 saturated carbocycles. The fourth-order valence-electron chi connectivity index (χ4n) is 3.67. The Labute approximate surface area is 182 Å². The highest BCUT2D eigenvalue weighted by Gasteiger charge is 2.23. The Balaban J connectivity index is 1.58. The van der Waals surface area contributed by atoms with Crippen LogP contribution in [-0.2, 0) is 12.0 Å². The predicted molar refractivity (Wildman–Crippen MR) is 115 cm³/mol. The molecule has 0 amide bonds. The lowest BCUT2D eigenvalue weighted by atomic mass is 10.2. The second-order valence-electron chi connectivity index (χ2n) is 7.18. The minimum absolute atomic E-state index is 0.116. The fraction of sp³-hybridized carbons (Fsp3) is 0.227. The summed E-state index contributed by atoms with van der Waals surface area (Å²) in [5.74, 6) is 1.63. The zero-order valence-electron chi connectivity index (χ0n) is 17.5. The SMILES string of the molecule is COc1cc(N(CCOF)c2ccc3ncc(-c4cnn(C)c4)nc3c2)cc2c1OCO2. The third-order valence-electron chi connectivity index (χ3n) is 5.18. The number of nitrogens with zero attached hydrogens (tertiary/aromatic N) is 5. The summed E-state index contributed by atoms with van der Waals surface area (Å²) < 4.78 is 30.8. The largest absolute Gasteiger partial charge is 0.493 e. The number of rotatable bonds is 7. The maximum absolute atomic E-state index is 12.6. The van der Waals surface area contributed by atoms with Gasteiger partial charge < -0.3 is 19.1 Å². The number of hydrogen-bond acceptors (Lipinski definition) is 8. The molecule has 3 heterocycles. The Hall–Kier alpha value is -3.92. The number of methoxy groups -OCH3 is 1. The maximum atomic E-state index is 12.6. The van der Waals surface area contributed by atoms with Crippen LogP contribution >= 0.6 is 0 Å². The topological polar surface area (TPSA) is 83.8 Å². The van der Waals surface area contributed by atoms with E-state index in [0.29, 0.717) is 28.5 Å². The molecule has 1 aliphatic heterocycles. The van der Waals surface area contributed by atoms with Gasteiger partial charge in [0.05, 0.1) is 42.8 Å². The van der Waals surface area contributed by atoms with E-state index >= 15 is 0 Å². The van der Waals surface area contributed by atoms with Gasteiger partial charge in [-0.3, -0.25) is 9.67 Å². The van der Waals surface area contributed by atoms with Crippen LogP contribution in [0, 0.1) is 0 Å². The van der Waals surface area contributed by atoms with Gasteiger partial charge in [0, 0.05) is 42.3 Å². The van der Waals surface area contributed by atoms with Crippen molar-refractivity contribution in [3.05, 3.63) is 48.9 Å². The molecule has 5 rings (SSSR count). The molecule has 0 fully saturated rings. The quantitative estimate of drug-likeness (QED) is 0.432. The van der Waals surface area contributed by atoms with Gasteiger partial charge in [-0.15, -0.1) is 0 Å². The molecule has 9 nitrogen and oxygen atoms in total. The van der Waals surface area contributed by atoms with Gasteiger partial charge in [-0.25, -0.2) is 4.98 Å². The van der Waals surface area contributed by atoms with Crippen molar-refractivity contribution >= 4 is 22.4 Å². The van der Waals surface area contributed by atoms with Gasteiger partial charge in [0.2, 0.25) is 12.5 Å². The Morgan fingerprint density at radius 3 is 2.81 bits per heavy atom. The summed E-state index contributed by atoms with van der Waals surface area (Å²) in [6.07, 6.45) is 5.34. The first-order chi connectivity index (χ1) is 15.7. The van der Waals surface area contributed by atoms with Gasteiger partial charge in [0.15, 0.2) is 11.5 Å². The summed E-state index contributed by atoms with van der Waals surface area (Å²) in [4.78, 5) is 15.0. The normalized spacial score (nSPS) is 12.3. The van der Waals surface area contributed by atoms with E-state index < -0.39 is 0 Å². The number of benzene rings is 2. The summed E-state index contributed by atoms with van der Waals surface area (Å²) in [6.45, 7) is 0.238.